The Morgan fingerprint density at radius 3 is 2.79 bits per heavy atom. The summed E-state index contributed by atoms with van der Waals surface area (Å²) in [6.45, 7) is 2.79. The molecule has 7 heteroatoms. The Balaban J connectivity index is 1.51. The first-order chi connectivity index (χ1) is 11.7. The molecule has 2 aliphatic heterocycles. The lowest BCUT2D eigenvalue weighted by molar-refractivity contribution is 0.0915. The van der Waals surface area contributed by atoms with E-state index in [9.17, 15) is 9.18 Å². The van der Waals surface area contributed by atoms with Crippen LogP contribution in [0.3, 0.4) is 0 Å². The monoisotopic (exact) mass is 329 g/mol. The highest BCUT2D eigenvalue weighted by Crippen LogP contribution is 2.38. The minimum absolute atomic E-state index is 0.0435. The molecule has 1 amide bonds. The molecule has 0 bridgehead atoms. The summed E-state index contributed by atoms with van der Waals surface area (Å²) >= 11 is 0. The largest absolute Gasteiger partial charge is 0.350 e. The van der Waals surface area contributed by atoms with Crippen molar-refractivity contribution >= 4 is 5.91 Å². The standard InChI is InChI=1S/C17H20FN5O/c18-15-4-3-13(23-10-7-20-21-23)11-14(15)16(24)19-12-17-5-1-8-22(17)9-2-6-17/h3-4,7,10-11H,1-2,5-6,8-9,12H2,(H,19,24). The average molecular weight is 329 g/mol. The molecule has 0 aliphatic carbocycles. The first-order valence-corrected chi connectivity index (χ1v) is 8.37. The molecular formula is C17H20FN5O. The molecule has 2 fully saturated rings. The summed E-state index contributed by atoms with van der Waals surface area (Å²) in [7, 11) is 0. The maximum absolute atomic E-state index is 14.1. The second kappa shape index (κ2) is 5.98. The number of hydrogen-bond acceptors (Lipinski definition) is 4. The molecule has 0 unspecified atom stereocenters. The first-order valence-electron chi connectivity index (χ1n) is 8.37. The summed E-state index contributed by atoms with van der Waals surface area (Å²) in [6, 6.07) is 4.38. The van der Waals surface area contributed by atoms with Gasteiger partial charge in [0.25, 0.3) is 5.91 Å². The Morgan fingerprint density at radius 2 is 2.08 bits per heavy atom. The van der Waals surface area contributed by atoms with Gasteiger partial charge in [-0.15, -0.1) is 5.10 Å². The first kappa shape index (κ1) is 15.3. The quantitative estimate of drug-likeness (QED) is 0.928. The lowest BCUT2D eigenvalue weighted by Gasteiger charge is -2.32. The van der Waals surface area contributed by atoms with Crippen LogP contribution in [0, 0.1) is 5.82 Å². The van der Waals surface area contributed by atoms with E-state index in [0.717, 1.165) is 25.9 Å². The molecule has 0 radical (unpaired) electrons. The number of nitrogens with one attached hydrogen (secondary N) is 1. The van der Waals surface area contributed by atoms with Crippen LogP contribution in [0.1, 0.15) is 36.0 Å². The van der Waals surface area contributed by atoms with Crippen molar-refractivity contribution in [2.24, 2.45) is 0 Å². The number of fused-ring (bicyclic) bond motifs is 1. The normalized spacial score (nSPS) is 19.4. The zero-order valence-electron chi connectivity index (χ0n) is 13.4. The maximum atomic E-state index is 14.1. The molecule has 126 valence electrons. The van der Waals surface area contributed by atoms with Gasteiger partial charge in [0.05, 0.1) is 23.6 Å². The molecule has 2 aromatic rings. The zero-order valence-corrected chi connectivity index (χ0v) is 13.4. The van der Waals surface area contributed by atoms with Gasteiger partial charge in [0.1, 0.15) is 5.82 Å². The van der Waals surface area contributed by atoms with Crippen LogP contribution >= 0.6 is 0 Å². The molecule has 1 N–H and O–H groups in total. The summed E-state index contributed by atoms with van der Waals surface area (Å²) < 4.78 is 15.6. The van der Waals surface area contributed by atoms with Crippen LogP contribution in [0.25, 0.3) is 5.69 Å². The third-order valence-electron chi connectivity index (χ3n) is 5.27. The van der Waals surface area contributed by atoms with Crippen molar-refractivity contribution in [3.63, 3.8) is 0 Å². The lowest BCUT2D eigenvalue weighted by atomic mass is 9.94. The van der Waals surface area contributed by atoms with Gasteiger partial charge in [-0.1, -0.05) is 5.21 Å². The van der Waals surface area contributed by atoms with Crippen molar-refractivity contribution in [1.82, 2.24) is 25.2 Å². The smallest absolute Gasteiger partial charge is 0.254 e. The summed E-state index contributed by atoms with van der Waals surface area (Å²) in [6.07, 6.45) is 7.75. The van der Waals surface area contributed by atoms with Gasteiger partial charge < -0.3 is 5.32 Å². The van der Waals surface area contributed by atoms with E-state index >= 15 is 0 Å². The van der Waals surface area contributed by atoms with Gasteiger partial charge in [0.15, 0.2) is 0 Å². The molecule has 24 heavy (non-hydrogen) atoms. The predicted octanol–water partition coefficient (Wildman–Crippen LogP) is 1.76. The van der Waals surface area contributed by atoms with Crippen molar-refractivity contribution in [2.75, 3.05) is 19.6 Å². The number of benzene rings is 1. The second-order valence-electron chi connectivity index (χ2n) is 6.61. The van der Waals surface area contributed by atoms with Crippen LogP contribution in [-0.4, -0.2) is 51.0 Å². The molecule has 1 aromatic heterocycles. The highest BCUT2D eigenvalue weighted by molar-refractivity contribution is 5.95. The van der Waals surface area contributed by atoms with Crippen molar-refractivity contribution in [2.45, 2.75) is 31.2 Å². The maximum Gasteiger partial charge on any atom is 0.254 e. The number of nitrogens with zero attached hydrogens (tertiary/aromatic N) is 4. The minimum atomic E-state index is -0.524. The molecule has 0 spiro atoms. The fraction of sp³-hybridized carbons (Fsp3) is 0.471. The van der Waals surface area contributed by atoms with Gasteiger partial charge >= 0.3 is 0 Å². The van der Waals surface area contributed by atoms with E-state index < -0.39 is 5.82 Å². The number of carbonyl (C=O) groups excluding carboxylic acids is 1. The van der Waals surface area contributed by atoms with Gasteiger partial charge in [-0.2, -0.15) is 0 Å². The highest BCUT2D eigenvalue weighted by Gasteiger charge is 2.44. The molecular weight excluding hydrogens is 309 g/mol. The van der Waals surface area contributed by atoms with Crippen molar-refractivity contribution in [1.29, 1.82) is 0 Å². The van der Waals surface area contributed by atoms with Gasteiger partial charge in [-0.25, -0.2) is 9.07 Å². The number of aromatic nitrogens is 3. The van der Waals surface area contributed by atoms with Crippen LogP contribution in [0.15, 0.2) is 30.6 Å². The second-order valence-corrected chi connectivity index (χ2v) is 6.61. The van der Waals surface area contributed by atoms with Crippen LogP contribution in [0.5, 0.6) is 0 Å². The highest BCUT2D eigenvalue weighted by atomic mass is 19.1. The summed E-state index contributed by atoms with van der Waals surface area (Å²) in [5, 5.41) is 10.6. The Kier molecular flexibility index (Phi) is 3.80. The van der Waals surface area contributed by atoms with Crippen LogP contribution in [0.4, 0.5) is 4.39 Å². The summed E-state index contributed by atoms with van der Waals surface area (Å²) in [5.74, 6) is -0.897. The number of halogens is 1. The molecule has 0 saturated carbocycles. The van der Waals surface area contributed by atoms with Crippen molar-refractivity contribution < 1.29 is 9.18 Å². The predicted molar refractivity (Wildman–Crippen MR) is 86.4 cm³/mol. The fourth-order valence-corrected chi connectivity index (χ4v) is 4.03. The summed E-state index contributed by atoms with van der Waals surface area (Å²) in [4.78, 5) is 15.0. The van der Waals surface area contributed by atoms with E-state index in [-0.39, 0.29) is 17.0 Å². The Hall–Kier alpha value is -2.28. The topological polar surface area (TPSA) is 63.1 Å². The average Bonchev–Trinajstić information content (AvgIpc) is 3.29. The SMILES string of the molecule is O=C(NCC12CCCN1CCC2)c1cc(-n2ccnn2)ccc1F. The molecule has 2 saturated heterocycles. The number of rotatable bonds is 4. The van der Waals surface area contributed by atoms with E-state index in [0.29, 0.717) is 12.2 Å². The van der Waals surface area contributed by atoms with Crippen molar-refractivity contribution in [3.8, 4) is 5.69 Å². The van der Waals surface area contributed by atoms with Gasteiger partial charge in [0, 0.05) is 12.1 Å². The molecule has 4 rings (SSSR count). The number of carbonyl (C=O) groups is 1. The number of amides is 1. The van der Waals surface area contributed by atoms with Crippen LogP contribution < -0.4 is 5.32 Å². The Bertz CT molecular complexity index is 735. The van der Waals surface area contributed by atoms with Crippen LogP contribution in [0.2, 0.25) is 0 Å². The van der Waals surface area contributed by atoms with Gasteiger partial charge in [0.2, 0.25) is 0 Å². The summed E-state index contributed by atoms with van der Waals surface area (Å²) in [5.41, 5.74) is 0.734. The minimum Gasteiger partial charge on any atom is -0.350 e. The lowest BCUT2D eigenvalue weighted by Crippen LogP contribution is -2.48. The van der Waals surface area contributed by atoms with Gasteiger partial charge in [-0.3, -0.25) is 9.69 Å². The molecule has 6 nitrogen and oxygen atoms in total. The van der Waals surface area contributed by atoms with E-state index in [4.69, 9.17) is 0 Å². The van der Waals surface area contributed by atoms with Crippen molar-refractivity contribution in [3.05, 3.63) is 42.0 Å². The molecule has 3 heterocycles. The molecule has 2 aliphatic rings. The Morgan fingerprint density at radius 1 is 1.29 bits per heavy atom. The zero-order chi connectivity index (χ0) is 16.6. The van der Waals surface area contributed by atoms with E-state index in [1.165, 1.54) is 35.9 Å². The fourth-order valence-electron chi connectivity index (χ4n) is 4.03. The third kappa shape index (κ3) is 2.58. The van der Waals surface area contributed by atoms with E-state index in [1.54, 1.807) is 12.3 Å². The van der Waals surface area contributed by atoms with Gasteiger partial charge in [-0.05, 0) is 57.0 Å². The third-order valence-corrected chi connectivity index (χ3v) is 5.27. The van der Waals surface area contributed by atoms with E-state index in [1.807, 2.05) is 0 Å². The number of hydrogen-bond donors (Lipinski definition) is 1. The van der Waals surface area contributed by atoms with E-state index in [2.05, 4.69) is 20.5 Å². The molecule has 0 atom stereocenters. The Labute approximate surface area is 139 Å². The molecule has 1 aromatic carbocycles. The van der Waals surface area contributed by atoms with Crippen LogP contribution in [-0.2, 0) is 0 Å².